The van der Waals surface area contributed by atoms with Gasteiger partial charge < -0.3 is 9.47 Å². The Labute approximate surface area is 182 Å². The summed E-state index contributed by atoms with van der Waals surface area (Å²) in [6.45, 7) is 5.84. The van der Waals surface area contributed by atoms with Crippen LogP contribution < -0.4 is 10.4 Å². The molecular formula is C24H29N3O4. The van der Waals surface area contributed by atoms with Gasteiger partial charge in [-0.05, 0) is 56.9 Å². The average molecular weight is 424 g/mol. The van der Waals surface area contributed by atoms with E-state index in [4.69, 9.17) is 9.47 Å². The first kappa shape index (κ1) is 22.3. The second-order valence-electron chi connectivity index (χ2n) is 8.12. The van der Waals surface area contributed by atoms with Gasteiger partial charge in [0.15, 0.2) is 5.60 Å². The number of benzene rings is 2. The van der Waals surface area contributed by atoms with Gasteiger partial charge in [-0.1, -0.05) is 42.0 Å². The van der Waals surface area contributed by atoms with Crippen molar-refractivity contribution >= 4 is 5.97 Å². The number of carbonyl (C=O) groups is 1. The topological polar surface area (TPSA) is 86.2 Å². The van der Waals surface area contributed by atoms with Gasteiger partial charge in [0.1, 0.15) is 11.6 Å². The molecule has 0 fully saturated rings. The zero-order chi connectivity index (χ0) is 22.4. The van der Waals surface area contributed by atoms with Gasteiger partial charge in [0.2, 0.25) is 0 Å². The van der Waals surface area contributed by atoms with E-state index in [1.165, 1.54) is 17.4 Å². The fourth-order valence-corrected chi connectivity index (χ4v) is 3.26. The van der Waals surface area contributed by atoms with Crippen molar-refractivity contribution in [1.29, 1.82) is 0 Å². The summed E-state index contributed by atoms with van der Waals surface area (Å²) < 4.78 is 12.0. The summed E-state index contributed by atoms with van der Waals surface area (Å²) in [5, 5.41) is 4.42. The summed E-state index contributed by atoms with van der Waals surface area (Å²) in [6, 6.07) is 15.7. The number of methoxy groups -OCH3 is 1. The van der Waals surface area contributed by atoms with Crippen molar-refractivity contribution in [2.24, 2.45) is 0 Å². The zero-order valence-electron chi connectivity index (χ0n) is 18.5. The third kappa shape index (κ3) is 6.07. The van der Waals surface area contributed by atoms with Crippen molar-refractivity contribution in [2.75, 3.05) is 7.11 Å². The van der Waals surface area contributed by atoms with Gasteiger partial charge in [0, 0.05) is 6.42 Å². The van der Waals surface area contributed by atoms with E-state index in [0.29, 0.717) is 24.5 Å². The minimum absolute atomic E-state index is 0.190. The van der Waals surface area contributed by atoms with E-state index in [9.17, 15) is 9.59 Å². The zero-order valence-corrected chi connectivity index (χ0v) is 18.5. The van der Waals surface area contributed by atoms with Crippen LogP contribution in [0.3, 0.4) is 0 Å². The monoisotopic (exact) mass is 423 g/mol. The van der Waals surface area contributed by atoms with Crippen LogP contribution in [0, 0.1) is 6.92 Å². The number of nitrogens with one attached hydrogen (secondary N) is 1. The highest BCUT2D eigenvalue weighted by Crippen LogP contribution is 2.20. The molecule has 0 saturated carbocycles. The number of H-pyrrole nitrogens is 1. The quantitative estimate of drug-likeness (QED) is 0.533. The van der Waals surface area contributed by atoms with Crippen molar-refractivity contribution in [1.82, 2.24) is 14.8 Å². The minimum Gasteiger partial charge on any atom is -0.476 e. The molecule has 7 heteroatoms. The van der Waals surface area contributed by atoms with E-state index in [1.807, 2.05) is 55.5 Å². The predicted molar refractivity (Wildman–Crippen MR) is 118 cm³/mol. The number of carbonyl (C=O) groups excluding carboxylic acids is 1. The number of aromatic amines is 1. The molecule has 1 aromatic heterocycles. The number of aryl methyl sites for hydroxylation is 3. The number of ether oxygens (including phenoxy) is 2. The smallest absolute Gasteiger partial charge is 0.349 e. The molecular weight excluding hydrogens is 394 g/mol. The first-order valence-corrected chi connectivity index (χ1v) is 10.3. The van der Waals surface area contributed by atoms with E-state index in [1.54, 1.807) is 13.8 Å². The van der Waals surface area contributed by atoms with Crippen LogP contribution >= 0.6 is 0 Å². The predicted octanol–water partition coefficient (Wildman–Crippen LogP) is 3.43. The number of aromatic nitrogens is 3. The van der Waals surface area contributed by atoms with Crippen LogP contribution in [0.5, 0.6) is 5.75 Å². The van der Waals surface area contributed by atoms with Gasteiger partial charge in [0.25, 0.3) is 0 Å². The molecule has 0 spiro atoms. The Kier molecular flexibility index (Phi) is 6.95. The van der Waals surface area contributed by atoms with Crippen molar-refractivity contribution in [3.05, 3.63) is 81.5 Å². The molecule has 1 heterocycles. The van der Waals surface area contributed by atoms with E-state index in [-0.39, 0.29) is 5.69 Å². The third-order valence-corrected chi connectivity index (χ3v) is 5.03. The molecule has 0 aliphatic heterocycles. The summed E-state index contributed by atoms with van der Waals surface area (Å²) >= 11 is 0. The van der Waals surface area contributed by atoms with E-state index >= 15 is 0 Å². The second kappa shape index (κ2) is 9.64. The summed E-state index contributed by atoms with van der Waals surface area (Å²) in [5.74, 6) is 0.877. The van der Waals surface area contributed by atoms with Gasteiger partial charge in [-0.25, -0.2) is 14.3 Å². The standard InChI is InChI=1S/C24H29N3O4/c1-17-8-10-19(11-9-17)16-27-23(29)25-21(26-27)7-5-6-18-12-14-20(15-13-18)31-24(2,3)22(28)30-4/h8-15H,5-7,16H2,1-4H3,(H,25,26,29). The van der Waals surface area contributed by atoms with E-state index in [2.05, 4.69) is 10.1 Å². The van der Waals surface area contributed by atoms with E-state index in [0.717, 1.165) is 24.0 Å². The molecule has 0 saturated heterocycles. The number of rotatable bonds is 9. The molecule has 3 aromatic rings. The molecule has 0 aliphatic carbocycles. The lowest BCUT2D eigenvalue weighted by Crippen LogP contribution is -2.39. The highest BCUT2D eigenvalue weighted by Gasteiger charge is 2.30. The van der Waals surface area contributed by atoms with Gasteiger partial charge in [-0.15, -0.1) is 0 Å². The Morgan fingerprint density at radius 3 is 2.32 bits per heavy atom. The Morgan fingerprint density at radius 1 is 1.03 bits per heavy atom. The molecule has 0 radical (unpaired) electrons. The average Bonchev–Trinajstić information content (AvgIpc) is 3.09. The molecule has 3 rings (SSSR count). The Bertz CT molecular complexity index is 1060. The molecule has 2 aromatic carbocycles. The Morgan fingerprint density at radius 2 is 1.68 bits per heavy atom. The SMILES string of the molecule is COC(=O)C(C)(C)Oc1ccc(CCCc2nn(Cc3ccc(C)cc3)c(=O)[nH]2)cc1. The van der Waals surface area contributed by atoms with Gasteiger partial charge >= 0.3 is 11.7 Å². The second-order valence-corrected chi connectivity index (χ2v) is 8.12. The van der Waals surface area contributed by atoms with Crippen molar-refractivity contribution in [3.63, 3.8) is 0 Å². The summed E-state index contributed by atoms with van der Waals surface area (Å²) in [4.78, 5) is 26.8. The maximum absolute atomic E-state index is 12.2. The molecule has 164 valence electrons. The highest BCUT2D eigenvalue weighted by atomic mass is 16.6. The Hall–Kier alpha value is -3.35. The minimum atomic E-state index is -1.04. The van der Waals surface area contributed by atoms with Gasteiger partial charge in [-0.2, -0.15) is 5.10 Å². The number of esters is 1. The lowest BCUT2D eigenvalue weighted by molar-refractivity contribution is -0.156. The van der Waals surface area contributed by atoms with Gasteiger partial charge in [0.05, 0.1) is 13.7 Å². The number of hydrogen-bond acceptors (Lipinski definition) is 5. The number of nitrogens with zero attached hydrogens (tertiary/aromatic N) is 2. The Balaban J connectivity index is 1.52. The molecule has 7 nitrogen and oxygen atoms in total. The van der Waals surface area contributed by atoms with Crippen molar-refractivity contribution < 1.29 is 14.3 Å². The van der Waals surface area contributed by atoms with Crippen LogP contribution in [0.2, 0.25) is 0 Å². The molecule has 0 bridgehead atoms. The van der Waals surface area contributed by atoms with Crippen LogP contribution in [0.15, 0.2) is 53.3 Å². The summed E-state index contributed by atoms with van der Waals surface area (Å²) in [5.41, 5.74) is 2.14. The first-order valence-electron chi connectivity index (χ1n) is 10.3. The largest absolute Gasteiger partial charge is 0.476 e. The fourth-order valence-electron chi connectivity index (χ4n) is 3.26. The first-order chi connectivity index (χ1) is 14.8. The molecule has 31 heavy (non-hydrogen) atoms. The lowest BCUT2D eigenvalue weighted by atomic mass is 10.1. The maximum Gasteiger partial charge on any atom is 0.349 e. The molecule has 0 amide bonds. The normalized spacial score (nSPS) is 11.4. The highest BCUT2D eigenvalue weighted by molar-refractivity contribution is 5.78. The van der Waals surface area contributed by atoms with Crippen LogP contribution in [-0.4, -0.2) is 33.4 Å². The van der Waals surface area contributed by atoms with Crippen LogP contribution in [0.25, 0.3) is 0 Å². The van der Waals surface area contributed by atoms with Crippen LogP contribution in [0.1, 0.15) is 42.8 Å². The van der Waals surface area contributed by atoms with Crippen LogP contribution in [-0.2, 0) is 28.9 Å². The van der Waals surface area contributed by atoms with Crippen LogP contribution in [0.4, 0.5) is 0 Å². The number of hydrogen-bond donors (Lipinski definition) is 1. The van der Waals surface area contributed by atoms with Crippen molar-refractivity contribution in [3.8, 4) is 5.75 Å². The molecule has 0 aliphatic rings. The molecule has 0 unspecified atom stereocenters. The van der Waals surface area contributed by atoms with Gasteiger partial charge in [-0.3, -0.25) is 4.98 Å². The maximum atomic E-state index is 12.2. The molecule has 1 N–H and O–H groups in total. The lowest BCUT2D eigenvalue weighted by Gasteiger charge is -2.23. The summed E-state index contributed by atoms with van der Waals surface area (Å²) in [7, 11) is 1.34. The third-order valence-electron chi connectivity index (χ3n) is 5.03. The molecule has 0 atom stereocenters. The van der Waals surface area contributed by atoms with E-state index < -0.39 is 11.6 Å². The summed E-state index contributed by atoms with van der Waals surface area (Å²) in [6.07, 6.45) is 2.38. The van der Waals surface area contributed by atoms with Crippen molar-refractivity contribution in [2.45, 2.75) is 52.2 Å². The fraction of sp³-hybridized carbons (Fsp3) is 0.375.